The van der Waals surface area contributed by atoms with Crippen LogP contribution in [0.15, 0.2) is 12.1 Å². The van der Waals surface area contributed by atoms with Crippen molar-refractivity contribution < 1.29 is 42.6 Å². The Morgan fingerprint density at radius 2 is 2.27 bits per heavy atom. The number of aldehydes is 1. The van der Waals surface area contributed by atoms with Gasteiger partial charge in [0.05, 0.1) is 6.29 Å². The number of aromatic hydroxyl groups is 1. The van der Waals surface area contributed by atoms with E-state index in [1.54, 1.807) is 12.1 Å². The van der Waals surface area contributed by atoms with Crippen LogP contribution in [0.1, 0.15) is 15.9 Å². The SMILES string of the molecule is Cc1c[c-]c(O)c(C=O)c1.[Y]. The first kappa shape index (κ1) is 10.8. The molecule has 1 aromatic rings. The van der Waals surface area contributed by atoms with Crippen molar-refractivity contribution >= 4 is 6.29 Å². The minimum Gasteiger partial charge on any atom is -0.533 e. The van der Waals surface area contributed by atoms with Crippen LogP contribution in [0.4, 0.5) is 0 Å². The zero-order valence-electron chi connectivity index (χ0n) is 6.16. The molecule has 55 valence electrons. The van der Waals surface area contributed by atoms with E-state index in [1.807, 2.05) is 6.92 Å². The topological polar surface area (TPSA) is 37.3 Å². The van der Waals surface area contributed by atoms with E-state index in [0.29, 0.717) is 11.8 Å². The van der Waals surface area contributed by atoms with Crippen LogP contribution < -0.4 is 0 Å². The van der Waals surface area contributed by atoms with Crippen molar-refractivity contribution in [2.24, 2.45) is 0 Å². The molecule has 0 fully saturated rings. The third-order valence-corrected chi connectivity index (χ3v) is 1.22. The summed E-state index contributed by atoms with van der Waals surface area (Å²) in [6, 6.07) is 5.78. The van der Waals surface area contributed by atoms with Crippen molar-refractivity contribution in [2.75, 3.05) is 0 Å². The Morgan fingerprint density at radius 1 is 1.64 bits per heavy atom. The average Bonchev–Trinajstić information content (AvgIpc) is 1.94. The van der Waals surface area contributed by atoms with Crippen LogP contribution in [-0.2, 0) is 32.7 Å². The van der Waals surface area contributed by atoms with Gasteiger partial charge in [0.2, 0.25) is 0 Å². The Hall–Kier alpha value is -0.206. The molecule has 1 radical (unpaired) electrons. The number of hydrogen-bond acceptors (Lipinski definition) is 2. The number of hydrogen-bond donors (Lipinski definition) is 1. The van der Waals surface area contributed by atoms with Crippen LogP contribution >= 0.6 is 0 Å². The second kappa shape index (κ2) is 4.63. The second-order valence-corrected chi connectivity index (χ2v) is 2.10. The number of rotatable bonds is 1. The molecule has 0 atom stereocenters. The summed E-state index contributed by atoms with van der Waals surface area (Å²) in [6.07, 6.45) is 0.610. The minimum absolute atomic E-state index is 0. The molecule has 3 heteroatoms. The summed E-state index contributed by atoms with van der Waals surface area (Å²) in [5.74, 6) is -0.0828. The Balaban J connectivity index is 0.000001000. The minimum atomic E-state index is -0.0828. The number of phenolic OH excluding ortho intramolecular Hbond substituents is 1. The van der Waals surface area contributed by atoms with Gasteiger partial charge in [0.25, 0.3) is 0 Å². The number of carbonyl (C=O) groups is 1. The maximum atomic E-state index is 10.2. The third kappa shape index (κ3) is 2.72. The summed E-state index contributed by atoms with van der Waals surface area (Å²) in [4.78, 5) is 10.2. The van der Waals surface area contributed by atoms with E-state index in [4.69, 9.17) is 5.11 Å². The molecule has 0 saturated carbocycles. The summed E-state index contributed by atoms with van der Waals surface area (Å²) in [7, 11) is 0. The van der Waals surface area contributed by atoms with Crippen molar-refractivity contribution in [1.82, 2.24) is 0 Å². The Morgan fingerprint density at radius 3 is 2.73 bits per heavy atom. The summed E-state index contributed by atoms with van der Waals surface area (Å²) >= 11 is 0. The summed E-state index contributed by atoms with van der Waals surface area (Å²) in [5, 5.41) is 8.95. The van der Waals surface area contributed by atoms with Gasteiger partial charge in [0, 0.05) is 38.5 Å². The molecule has 1 N–H and O–H groups in total. The van der Waals surface area contributed by atoms with Crippen molar-refractivity contribution in [2.45, 2.75) is 6.92 Å². The summed E-state index contributed by atoms with van der Waals surface area (Å²) in [5.41, 5.74) is 1.21. The summed E-state index contributed by atoms with van der Waals surface area (Å²) in [6.45, 7) is 1.84. The maximum absolute atomic E-state index is 10.2. The van der Waals surface area contributed by atoms with E-state index >= 15 is 0 Å². The van der Waals surface area contributed by atoms with Gasteiger partial charge in [0.15, 0.2) is 0 Å². The monoisotopic (exact) mass is 224 g/mol. The fourth-order valence-corrected chi connectivity index (χ4v) is 0.711. The van der Waals surface area contributed by atoms with E-state index in [2.05, 4.69) is 6.07 Å². The second-order valence-electron chi connectivity index (χ2n) is 2.10. The predicted octanol–water partition coefficient (Wildman–Crippen LogP) is 1.31. The third-order valence-electron chi connectivity index (χ3n) is 1.22. The molecule has 0 heterocycles. The van der Waals surface area contributed by atoms with E-state index in [-0.39, 0.29) is 38.5 Å². The van der Waals surface area contributed by atoms with Crippen LogP contribution in [0.3, 0.4) is 0 Å². The first-order valence-corrected chi connectivity index (χ1v) is 2.90. The Bertz CT molecular complexity index is 258. The van der Waals surface area contributed by atoms with E-state index in [0.717, 1.165) is 5.56 Å². The summed E-state index contributed by atoms with van der Waals surface area (Å²) < 4.78 is 0. The zero-order valence-corrected chi connectivity index (χ0v) is 9.00. The standard InChI is InChI=1S/C8H7O2.Y/c1-6-2-3-8(10)7(4-6)5-9;/h2,4-5,10H,1H3;/q-1;. The molecule has 0 aromatic heterocycles. The average molecular weight is 224 g/mol. The van der Waals surface area contributed by atoms with Gasteiger partial charge in [-0.15, -0.1) is 6.07 Å². The van der Waals surface area contributed by atoms with Crippen LogP contribution in [0.2, 0.25) is 0 Å². The molecular weight excluding hydrogens is 217 g/mol. The fourth-order valence-electron chi connectivity index (χ4n) is 0.711. The molecule has 0 aliphatic carbocycles. The normalized spacial score (nSPS) is 8.45. The van der Waals surface area contributed by atoms with Crippen LogP contribution in [0.5, 0.6) is 5.75 Å². The maximum Gasteiger partial charge on any atom is 0.0985 e. The van der Waals surface area contributed by atoms with Gasteiger partial charge in [-0.1, -0.05) is 12.5 Å². The van der Waals surface area contributed by atoms with Gasteiger partial charge in [-0.3, -0.25) is 0 Å². The van der Waals surface area contributed by atoms with Crippen molar-refractivity contribution in [3.63, 3.8) is 0 Å². The number of benzene rings is 1. The van der Waals surface area contributed by atoms with Crippen molar-refractivity contribution in [3.8, 4) is 5.75 Å². The van der Waals surface area contributed by atoms with E-state index in [1.165, 1.54) is 0 Å². The molecule has 0 aliphatic heterocycles. The predicted molar refractivity (Wildman–Crippen MR) is 37.1 cm³/mol. The van der Waals surface area contributed by atoms with E-state index in [9.17, 15) is 4.79 Å². The van der Waals surface area contributed by atoms with E-state index < -0.39 is 0 Å². The number of phenols is 1. The van der Waals surface area contributed by atoms with Gasteiger partial charge >= 0.3 is 0 Å². The van der Waals surface area contributed by atoms with Gasteiger partial charge in [0.1, 0.15) is 0 Å². The molecule has 1 rings (SSSR count). The number of aryl methyl sites for hydroxylation is 1. The zero-order chi connectivity index (χ0) is 7.56. The van der Waals surface area contributed by atoms with Crippen molar-refractivity contribution in [1.29, 1.82) is 0 Å². The molecule has 0 amide bonds. The molecular formula is C8H7O2Y-. The molecule has 0 spiro atoms. The number of carbonyl (C=O) groups excluding carboxylic acids is 1. The Labute approximate surface area is 90.5 Å². The van der Waals surface area contributed by atoms with Gasteiger partial charge in [-0.25, -0.2) is 0 Å². The molecule has 0 bridgehead atoms. The molecule has 0 unspecified atom stereocenters. The smallest absolute Gasteiger partial charge is 0.0985 e. The first-order chi connectivity index (χ1) is 4.74. The van der Waals surface area contributed by atoms with Gasteiger partial charge < -0.3 is 9.90 Å². The van der Waals surface area contributed by atoms with Gasteiger partial charge in [-0.2, -0.15) is 17.7 Å². The molecule has 1 aromatic carbocycles. The van der Waals surface area contributed by atoms with Gasteiger partial charge in [-0.05, 0) is 0 Å². The largest absolute Gasteiger partial charge is 0.533 e. The first-order valence-electron chi connectivity index (χ1n) is 2.90. The van der Waals surface area contributed by atoms with Crippen LogP contribution in [0.25, 0.3) is 0 Å². The fraction of sp³-hybridized carbons (Fsp3) is 0.125. The molecule has 0 aliphatic rings. The molecule has 11 heavy (non-hydrogen) atoms. The molecule has 2 nitrogen and oxygen atoms in total. The van der Waals surface area contributed by atoms with Crippen molar-refractivity contribution in [3.05, 3.63) is 29.3 Å². The quantitative estimate of drug-likeness (QED) is 0.576. The Kier molecular flexibility index (Phi) is 4.54. The van der Waals surface area contributed by atoms with Crippen LogP contribution in [0, 0.1) is 13.0 Å². The van der Waals surface area contributed by atoms with Crippen LogP contribution in [-0.4, -0.2) is 11.4 Å². The molecule has 0 saturated heterocycles.